The summed E-state index contributed by atoms with van der Waals surface area (Å²) in [5.74, 6) is 2.21. The highest BCUT2D eigenvalue weighted by Crippen LogP contribution is 2.39. The second-order valence-corrected chi connectivity index (χ2v) is 17.4. The lowest BCUT2D eigenvalue weighted by Gasteiger charge is -2.30. The molecule has 1 saturated heterocycles. The highest BCUT2D eigenvalue weighted by Gasteiger charge is 2.33. The summed E-state index contributed by atoms with van der Waals surface area (Å²) < 4.78 is 10.9. The molecule has 0 atom stereocenters. The van der Waals surface area contributed by atoms with E-state index in [4.69, 9.17) is 19.4 Å². The van der Waals surface area contributed by atoms with E-state index in [1.807, 2.05) is 6.07 Å². The number of rotatable bonds is 11. The predicted octanol–water partition coefficient (Wildman–Crippen LogP) is 5.87. The van der Waals surface area contributed by atoms with Crippen LogP contribution in [0.1, 0.15) is 97.8 Å². The van der Waals surface area contributed by atoms with Gasteiger partial charge in [0.2, 0.25) is 23.7 Å². The number of carboxylic acid groups (broad SMARTS) is 1. The number of ether oxygens (including phenoxy) is 2. The van der Waals surface area contributed by atoms with Crippen LogP contribution in [-0.2, 0) is 9.59 Å². The van der Waals surface area contributed by atoms with E-state index >= 15 is 0 Å². The molecular weight excluding hydrogens is 845 g/mol. The zero-order chi connectivity index (χ0) is 46.3. The second kappa shape index (κ2) is 20.6. The van der Waals surface area contributed by atoms with Crippen LogP contribution in [0, 0.1) is 0 Å². The molecule has 0 unspecified atom stereocenters. The molecule has 3 amide bonds. The van der Waals surface area contributed by atoms with Gasteiger partial charge in [-0.2, -0.15) is 9.97 Å². The Morgan fingerprint density at radius 3 is 1.59 bits per heavy atom. The highest BCUT2D eigenvalue weighted by molar-refractivity contribution is 5.99. The largest absolute Gasteiger partial charge is 0.495 e. The molecule has 350 valence electrons. The van der Waals surface area contributed by atoms with E-state index in [0.29, 0.717) is 84.0 Å². The van der Waals surface area contributed by atoms with Crippen molar-refractivity contribution in [2.75, 3.05) is 84.7 Å². The fourth-order valence-corrected chi connectivity index (χ4v) is 9.48. The van der Waals surface area contributed by atoms with Crippen molar-refractivity contribution in [3.05, 3.63) is 59.9 Å². The van der Waals surface area contributed by atoms with Crippen molar-refractivity contribution in [2.24, 2.45) is 0 Å². The molecule has 3 fully saturated rings. The molecule has 0 radical (unpaired) electrons. The lowest BCUT2D eigenvalue weighted by atomic mass is 10.1. The van der Waals surface area contributed by atoms with Crippen LogP contribution in [0.25, 0.3) is 0 Å². The lowest BCUT2D eigenvalue weighted by Crippen LogP contribution is -2.42. The van der Waals surface area contributed by atoms with Gasteiger partial charge in [-0.05, 0) is 88.0 Å². The smallest absolute Gasteiger partial charge is 0.335 e. The summed E-state index contributed by atoms with van der Waals surface area (Å²) in [6, 6.07) is 10.8. The second-order valence-electron chi connectivity index (χ2n) is 17.4. The van der Waals surface area contributed by atoms with Crippen LogP contribution < -0.4 is 50.3 Å². The van der Waals surface area contributed by atoms with Crippen LogP contribution in [0.15, 0.2) is 48.8 Å². The molecule has 2 saturated carbocycles. The van der Waals surface area contributed by atoms with E-state index in [1.165, 1.54) is 44.9 Å². The first-order valence-electron chi connectivity index (χ1n) is 23.0. The third-order valence-electron chi connectivity index (χ3n) is 13.3. The maximum absolute atomic E-state index is 12.8. The van der Waals surface area contributed by atoms with Crippen molar-refractivity contribution in [2.45, 2.75) is 95.2 Å². The van der Waals surface area contributed by atoms with Crippen LogP contribution in [0.2, 0.25) is 0 Å². The van der Waals surface area contributed by atoms with Gasteiger partial charge in [-0.1, -0.05) is 25.7 Å². The average Bonchev–Trinajstić information content (AvgIpc) is 4.05. The van der Waals surface area contributed by atoms with Crippen molar-refractivity contribution >= 4 is 70.0 Å². The summed E-state index contributed by atoms with van der Waals surface area (Å²) in [6.45, 7) is 3.12. The van der Waals surface area contributed by atoms with Gasteiger partial charge in [0, 0.05) is 63.7 Å². The average molecular weight is 905 g/mol. The van der Waals surface area contributed by atoms with Gasteiger partial charge in [0.15, 0.2) is 11.6 Å². The van der Waals surface area contributed by atoms with Gasteiger partial charge in [0.1, 0.15) is 22.9 Å². The molecular formula is C47H60N12O7. The summed E-state index contributed by atoms with van der Waals surface area (Å²) in [5, 5.41) is 22.0. The number of methoxy groups -OCH3 is 2. The standard InChI is InChI=1S/C26H35N7O3.C21H25N5O4/c1-32-21-16-28-26(31-24(21)33(14-11-23(32)34)19-5-3-4-6-19)30-20-8-7-17(15-22(20)36-2)25(35)29-18-9-12-27-13-10-18;1-25-16-12-22-21(23-15-8-7-13(20(28)29)11-17(15)30-2)24-19(16)26(10-9-18(25)27)14-5-3-4-6-14/h7-8,15-16,18-19,27H,3-6,9-14H2,1-2H3,(H,29,35)(H,28,30,31);7-8,11-12,14H,3-6,9-10H2,1-2H3,(H,28,29)(H,22,23,24). The number of nitrogens with one attached hydrogen (secondary N) is 4. The maximum Gasteiger partial charge on any atom is 0.335 e. The van der Waals surface area contributed by atoms with E-state index in [0.717, 1.165) is 68.9 Å². The number of amides is 3. The molecule has 66 heavy (non-hydrogen) atoms. The van der Waals surface area contributed by atoms with Crippen molar-refractivity contribution in [1.29, 1.82) is 0 Å². The minimum atomic E-state index is -1.03. The number of carbonyl (C=O) groups excluding carboxylic acids is 3. The highest BCUT2D eigenvalue weighted by atomic mass is 16.5. The number of aromatic carboxylic acids is 1. The van der Waals surface area contributed by atoms with Gasteiger partial charge in [0.05, 0.1) is 43.6 Å². The van der Waals surface area contributed by atoms with Crippen molar-refractivity contribution in [3.63, 3.8) is 0 Å². The third kappa shape index (κ3) is 10.2. The van der Waals surface area contributed by atoms with Crippen LogP contribution in [0.3, 0.4) is 0 Å². The van der Waals surface area contributed by atoms with Crippen molar-refractivity contribution in [3.8, 4) is 11.5 Å². The molecule has 3 aliphatic heterocycles. The Labute approximate surface area is 384 Å². The van der Waals surface area contributed by atoms with Gasteiger partial charge in [-0.15, -0.1) is 0 Å². The zero-order valence-electron chi connectivity index (χ0n) is 38.1. The number of nitrogens with zero attached hydrogens (tertiary/aromatic N) is 8. The Bertz CT molecular complexity index is 2420. The first-order chi connectivity index (χ1) is 32.0. The lowest BCUT2D eigenvalue weighted by molar-refractivity contribution is -0.118. The number of carboxylic acids is 1. The Morgan fingerprint density at radius 2 is 1.14 bits per heavy atom. The normalized spacial score (nSPS) is 18.1. The number of fused-ring (bicyclic) bond motifs is 2. The molecule has 2 aromatic carbocycles. The van der Waals surface area contributed by atoms with Crippen LogP contribution in [0.5, 0.6) is 11.5 Å². The molecule has 19 heteroatoms. The molecule has 19 nitrogen and oxygen atoms in total. The van der Waals surface area contributed by atoms with E-state index in [-0.39, 0.29) is 29.3 Å². The number of aromatic nitrogens is 4. The zero-order valence-corrected chi connectivity index (χ0v) is 38.1. The van der Waals surface area contributed by atoms with E-state index in [2.05, 4.69) is 41.0 Å². The van der Waals surface area contributed by atoms with Gasteiger partial charge < -0.3 is 55.4 Å². The molecule has 2 aliphatic carbocycles. The van der Waals surface area contributed by atoms with Gasteiger partial charge in [-0.3, -0.25) is 14.4 Å². The number of carbonyl (C=O) groups is 4. The molecule has 5 heterocycles. The Morgan fingerprint density at radius 1 is 0.682 bits per heavy atom. The number of hydrogen-bond donors (Lipinski definition) is 5. The Kier molecular flexibility index (Phi) is 14.3. The predicted molar refractivity (Wildman–Crippen MR) is 252 cm³/mol. The topological polar surface area (TPSA) is 220 Å². The monoisotopic (exact) mass is 904 g/mol. The summed E-state index contributed by atoms with van der Waals surface area (Å²) in [4.78, 5) is 75.3. The Balaban J connectivity index is 0.000000182. The van der Waals surface area contributed by atoms with Crippen LogP contribution in [-0.4, -0.2) is 121 Å². The fraction of sp³-hybridized carbons (Fsp3) is 0.489. The number of piperidine rings is 1. The molecule has 2 aromatic heterocycles. The minimum Gasteiger partial charge on any atom is -0.495 e. The summed E-state index contributed by atoms with van der Waals surface area (Å²) in [7, 11) is 6.59. The van der Waals surface area contributed by atoms with Crippen molar-refractivity contribution < 1.29 is 33.8 Å². The molecule has 4 aromatic rings. The number of benzene rings is 2. The minimum absolute atomic E-state index is 0.0481. The first kappa shape index (κ1) is 45.8. The first-order valence-corrected chi connectivity index (χ1v) is 23.0. The van der Waals surface area contributed by atoms with Gasteiger partial charge >= 0.3 is 5.97 Å². The Hall–Kier alpha value is -6.76. The molecule has 5 aliphatic rings. The third-order valence-corrected chi connectivity index (χ3v) is 13.3. The quantitative estimate of drug-likeness (QED) is 0.119. The van der Waals surface area contributed by atoms with Gasteiger partial charge in [0.25, 0.3) is 5.91 Å². The van der Waals surface area contributed by atoms with E-state index in [9.17, 15) is 24.3 Å². The number of anilines is 8. The van der Waals surface area contributed by atoms with E-state index in [1.54, 1.807) is 61.6 Å². The maximum atomic E-state index is 12.8. The van der Waals surface area contributed by atoms with E-state index < -0.39 is 5.97 Å². The van der Waals surface area contributed by atoms with Crippen LogP contribution >= 0.6 is 0 Å². The molecule has 0 bridgehead atoms. The number of hydrogen-bond acceptors (Lipinski definition) is 15. The summed E-state index contributed by atoms with van der Waals surface area (Å²) in [5.41, 5.74) is 3.34. The fourth-order valence-electron chi connectivity index (χ4n) is 9.48. The van der Waals surface area contributed by atoms with Crippen LogP contribution in [0.4, 0.5) is 46.3 Å². The molecule has 5 N–H and O–H groups in total. The van der Waals surface area contributed by atoms with Gasteiger partial charge in [-0.25, -0.2) is 14.8 Å². The summed E-state index contributed by atoms with van der Waals surface area (Å²) >= 11 is 0. The SMILES string of the molecule is COc1cc(C(=O)NC2CCNCC2)ccc1Nc1ncc2c(n1)N(C1CCCC1)CCC(=O)N2C.COc1cc(C(=O)O)ccc1Nc1ncc2c(n1)N(C1CCCC1)CCC(=O)N2C. The summed E-state index contributed by atoms with van der Waals surface area (Å²) in [6.07, 6.45) is 15.3. The molecule has 9 rings (SSSR count). The molecule has 0 spiro atoms. The van der Waals surface area contributed by atoms with Crippen molar-refractivity contribution in [1.82, 2.24) is 30.6 Å².